The van der Waals surface area contributed by atoms with Crippen molar-refractivity contribution >= 4 is 22.9 Å². The van der Waals surface area contributed by atoms with Gasteiger partial charge in [-0.25, -0.2) is 4.39 Å². The average molecular weight is 454 g/mol. The van der Waals surface area contributed by atoms with E-state index in [9.17, 15) is 9.18 Å². The van der Waals surface area contributed by atoms with Crippen molar-refractivity contribution in [1.29, 1.82) is 0 Å². The maximum absolute atomic E-state index is 13.0. The standard InChI is InChI=1S/C24H28FN5OS/c1-29(16-19-7-3-4-8-21(19)30-13-5-2-6-14-30)17-22-27-28-24(32-22)23(31)26-15-18-9-11-20(25)12-10-18/h3-4,7-12H,2,5-6,13-17H2,1H3,(H,26,31). The number of nitrogens with zero attached hydrogens (tertiary/aromatic N) is 4. The van der Waals surface area contributed by atoms with Gasteiger partial charge in [0.15, 0.2) is 0 Å². The molecule has 2 aromatic carbocycles. The van der Waals surface area contributed by atoms with Crippen LogP contribution in [0.5, 0.6) is 0 Å². The number of nitrogens with one attached hydrogen (secondary N) is 1. The van der Waals surface area contributed by atoms with Crippen LogP contribution in [0.2, 0.25) is 0 Å². The fourth-order valence-electron chi connectivity index (χ4n) is 3.93. The van der Waals surface area contributed by atoms with E-state index in [2.05, 4.69) is 56.6 Å². The number of hydrogen-bond acceptors (Lipinski definition) is 6. The topological polar surface area (TPSA) is 61.4 Å². The molecule has 0 aliphatic carbocycles. The van der Waals surface area contributed by atoms with Gasteiger partial charge < -0.3 is 10.2 Å². The molecule has 1 N–H and O–H groups in total. The molecule has 6 nitrogen and oxygen atoms in total. The zero-order valence-electron chi connectivity index (χ0n) is 18.3. The minimum Gasteiger partial charge on any atom is -0.371 e. The highest BCUT2D eigenvalue weighted by atomic mass is 32.1. The third-order valence-corrected chi connectivity index (χ3v) is 6.47. The quantitative estimate of drug-likeness (QED) is 0.553. The van der Waals surface area contributed by atoms with Crippen LogP contribution in [-0.2, 0) is 19.6 Å². The molecule has 1 aliphatic rings. The molecule has 0 saturated carbocycles. The lowest BCUT2D eigenvalue weighted by atomic mass is 10.1. The molecule has 1 fully saturated rings. The first-order chi connectivity index (χ1) is 15.6. The number of amides is 1. The van der Waals surface area contributed by atoms with Gasteiger partial charge in [-0.3, -0.25) is 9.69 Å². The molecule has 3 aromatic rings. The number of carbonyl (C=O) groups is 1. The van der Waals surface area contributed by atoms with Gasteiger partial charge in [-0.05, 0) is 55.6 Å². The van der Waals surface area contributed by atoms with Crippen molar-refractivity contribution in [3.8, 4) is 0 Å². The van der Waals surface area contributed by atoms with Crippen molar-refractivity contribution in [3.05, 3.63) is 75.5 Å². The van der Waals surface area contributed by atoms with Gasteiger partial charge in [-0.15, -0.1) is 10.2 Å². The van der Waals surface area contributed by atoms with Crippen LogP contribution < -0.4 is 10.2 Å². The second-order valence-electron chi connectivity index (χ2n) is 8.16. The van der Waals surface area contributed by atoms with Crippen LogP contribution in [0.1, 0.15) is 45.2 Å². The van der Waals surface area contributed by atoms with Gasteiger partial charge in [0.2, 0.25) is 5.01 Å². The fourth-order valence-corrected chi connectivity index (χ4v) is 4.77. The molecule has 168 valence electrons. The summed E-state index contributed by atoms with van der Waals surface area (Å²) in [6.45, 7) is 3.98. The van der Waals surface area contributed by atoms with Crippen molar-refractivity contribution in [2.45, 2.75) is 38.9 Å². The first kappa shape index (κ1) is 22.4. The second kappa shape index (κ2) is 10.7. The van der Waals surface area contributed by atoms with E-state index in [1.54, 1.807) is 12.1 Å². The van der Waals surface area contributed by atoms with Gasteiger partial charge in [0.1, 0.15) is 10.8 Å². The first-order valence-electron chi connectivity index (χ1n) is 10.9. The Morgan fingerprint density at radius 3 is 2.59 bits per heavy atom. The highest BCUT2D eigenvalue weighted by Gasteiger charge is 2.17. The average Bonchev–Trinajstić information content (AvgIpc) is 3.28. The molecule has 32 heavy (non-hydrogen) atoms. The summed E-state index contributed by atoms with van der Waals surface area (Å²) in [5.74, 6) is -0.562. The fraction of sp³-hybridized carbons (Fsp3) is 0.375. The van der Waals surface area contributed by atoms with Crippen molar-refractivity contribution < 1.29 is 9.18 Å². The SMILES string of the molecule is CN(Cc1nnc(C(=O)NCc2ccc(F)cc2)s1)Cc1ccccc1N1CCCCC1. The Morgan fingerprint density at radius 2 is 1.81 bits per heavy atom. The predicted molar refractivity (Wildman–Crippen MR) is 125 cm³/mol. The summed E-state index contributed by atoms with van der Waals surface area (Å²) >= 11 is 1.30. The Kier molecular flexibility index (Phi) is 7.44. The molecule has 0 radical (unpaired) electrons. The number of halogens is 1. The minimum absolute atomic E-state index is 0.267. The monoisotopic (exact) mass is 453 g/mol. The van der Waals surface area contributed by atoms with Crippen molar-refractivity contribution in [2.75, 3.05) is 25.0 Å². The lowest BCUT2D eigenvalue weighted by Gasteiger charge is -2.31. The van der Waals surface area contributed by atoms with Gasteiger partial charge in [0.05, 0.1) is 6.54 Å². The number of piperidine rings is 1. The van der Waals surface area contributed by atoms with Crippen LogP contribution in [0, 0.1) is 5.82 Å². The number of hydrogen-bond donors (Lipinski definition) is 1. The molecule has 0 unspecified atom stereocenters. The lowest BCUT2D eigenvalue weighted by molar-refractivity contribution is 0.0950. The molecule has 2 heterocycles. The molecule has 8 heteroatoms. The normalized spacial score (nSPS) is 14.0. The first-order valence-corrected chi connectivity index (χ1v) is 11.8. The molecule has 0 spiro atoms. The van der Waals surface area contributed by atoms with E-state index in [1.807, 2.05) is 0 Å². The van der Waals surface area contributed by atoms with Crippen LogP contribution in [0.3, 0.4) is 0 Å². The van der Waals surface area contributed by atoms with E-state index >= 15 is 0 Å². The van der Waals surface area contributed by atoms with E-state index in [0.717, 1.165) is 30.2 Å². The van der Waals surface area contributed by atoms with Crippen LogP contribution >= 0.6 is 11.3 Å². The summed E-state index contributed by atoms with van der Waals surface area (Å²) < 4.78 is 13.0. The summed E-state index contributed by atoms with van der Waals surface area (Å²) in [7, 11) is 2.06. The molecule has 1 saturated heterocycles. The number of carbonyl (C=O) groups excluding carboxylic acids is 1. The predicted octanol–water partition coefficient (Wildman–Crippen LogP) is 4.23. The van der Waals surface area contributed by atoms with E-state index in [4.69, 9.17) is 0 Å². The zero-order chi connectivity index (χ0) is 22.3. The zero-order valence-corrected chi connectivity index (χ0v) is 19.1. The number of aromatic nitrogens is 2. The maximum atomic E-state index is 13.0. The highest BCUT2D eigenvalue weighted by Crippen LogP contribution is 2.25. The lowest BCUT2D eigenvalue weighted by Crippen LogP contribution is -2.31. The van der Waals surface area contributed by atoms with Crippen LogP contribution in [0.15, 0.2) is 48.5 Å². The number of rotatable bonds is 8. The Hall–Kier alpha value is -2.84. The third kappa shape index (κ3) is 5.89. The summed E-state index contributed by atoms with van der Waals surface area (Å²) in [6.07, 6.45) is 3.82. The molecule has 1 amide bonds. The Labute approximate surface area is 192 Å². The van der Waals surface area contributed by atoms with Gasteiger partial charge in [-0.1, -0.05) is 41.7 Å². The summed E-state index contributed by atoms with van der Waals surface area (Å²) in [5, 5.41) is 12.2. The number of benzene rings is 2. The summed E-state index contributed by atoms with van der Waals surface area (Å²) in [4.78, 5) is 17.1. The van der Waals surface area contributed by atoms with E-state index in [1.165, 1.54) is 54.0 Å². The molecular formula is C24H28FN5OS. The Morgan fingerprint density at radius 1 is 1.06 bits per heavy atom. The maximum Gasteiger partial charge on any atom is 0.282 e. The van der Waals surface area contributed by atoms with E-state index < -0.39 is 0 Å². The third-order valence-electron chi connectivity index (χ3n) is 5.56. The number of anilines is 1. The Balaban J connectivity index is 1.32. The smallest absolute Gasteiger partial charge is 0.282 e. The van der Waals surface area contributed by atoms with Crippen LogP contribution in [-0.4, -0.2) is 41.1 Å². The van der Waals surface area contributed by atoms with Crippen molar-refractivity contribution in [1.82, 2.24) is 20.4 Å². The van der Waals surface area contributed by atoms with E-state index in [-0.39, 0.29) is 11.7 Å². The second-order valence-corrected chi connectivity index (χ2v) is 9.22. The van der Waals surface area contributed by atoms with E-state index in [0.29, 0.717) is 18.1 Å². The summed E-state index contributed by atoms with van der Waals surface area (Å²) in [6, 6.07) is 14.7. The van der Waals surface area contributed by atoms with Gasteiger partial charge in [-0.2, -0.15) is 0 Å². The van der Waals surface area contributed by atoms with Gasteiger partial charge in [0.25, 0.3) is 5.91 Å². The van der Waals surface area contributed by atoms with Crippen molar-refractivity contribution in [3.63, 3.8) is 0 Å². The molecule has 4 rings (SSSR count). The molecule has 1 aliphatic heterocycles. The van der Waals surface area contributed by atoms with Crippen LogP contribution in [0.4, 0.5) is 10.1 Å². The van der Waals surface area contributed by atoms with Crippen LogP contribution in [0.25, 0.3) is 0 Å². The molecule has 0 bridgehead atoms. The molecule has 0 atom stereocenters. The van der Waals surface area contributed by atoms with Gasteiger partial charge >= 0.3 is 0 Å². The molecular weight excluding hydrogens is 425 g/mol. The van der Waals surface area contributed by atoms with Crippen molar-refractivity contribution in [2.24, 2.45) is 0 Å². The van der Waals surface area contributed by atoms with Gasteiger partial charge in [0, 0.05) is 31.9 Å². The minimum atomic E-state index is -0.295. The summed E-state index contributed by atoms with van der Waals surface area (Å²) in [5.41, 5.74) is 3.45. The largest absolute Gasteiger partial charge is 0.371 e. The Bertz CT molecular complexity index is 1030. The number of para-hydroxylation sites is 1. The highest BCUT2D eigenvalue weighted by molar-refractivity contribution is 7.13. The molecule has 1 aromatic heterocycles.